The van der Waals surface area contributed by atoms with Crippen molar-refractivity contribution in [2.75, 3.05) is 36.4 Å². The summed E-state index contributed by atoms with van der Waals surface area (Å²) in [5.74, 6) is -1.23. The Morgan fingerprint density at radius 3 is 2.44 bits per heavy atom. The van der Waals surface area contributed by atoms with Crippen LogP contribution in [0.2, 0.25) is 0 Å². The summed E-state index contributed by atoms with van der Waals surface area (Å²) in [4.78, 5) is 17.8. The SMILES string of the molecule is O=C(Nc1ccc(F)cc1)[C@H]1Cc2cc(C(F)(F)F)ccc2N2CCN(CCc3ccccc3)C[C@@H]12. The lowest BCUT2D eigenvalue weighted by atomic mass is 9.82. The largest absolute Gasteiger partial charge is 0.416 e. The number of benzene rings is 3. The predicted octanol–water partition coefficient (Wildman–Crippen LogP) is 5.39. The molecule has 0 radical (unpaired) electrons. The second-order valence-electron chi connectivity index (χ2n) is 9.44. The number of carbonyl (C=O) groups excluding carboxylic acids is 1. The van der Waals surface area contributed by atoms with Crippen LogP contribution in [-0.4, -0.2) is 43.0 Å². The average molecular weight is 498 g/mol. The summed E-state index contributed by atoms with van der Waals surface area (Å²) in [5.41, 5.74) is 2.28. The smallest absolute Gasteiger partial charge is 0.365 e. The van der Waals surface area contributed by atoms with Gasteiger partial charge in [-0.05, 0) is 66.4 Å². The first-order valence-corrected chi connectivity index (χ1v) is 12.1. The number of carbonyl (C=O) groups is 1. The molecular formula is C28H27F4N3O. The van der Waals surface area contributed by atoms with Crippen molar-refractivity contribution in [2.24, 2.45) is 5.92 Å². The van der Waals surface area contributed by atoms with Gasteiger partial charge in [-0.1, -0.05) is 30.3 Å². The van der Waals surface area contributed by atoms with Crippen LogP contribution in [0.25, 0.3) is 0 Å². The zero-order valence-corrected chi connectivity index (χ0v) is 19.6. The molecule has 2 atom stereocenters. The van der Waals surface area contributed by atoms with Crippen molar-refractivity contribution in [3.05, 3.63) is 95.3 Å². The molecule has 2 aliphatic rings. The maximum absolute atomic E-state index is 13.4. The molecule has 0 spiro atoms. The molecule has 0 saturated carbocycles. The third kappa shape index (κ3) is 5.23. The highest BCUT2D eigenvalue weighted by Gasteiger charge is 2.42. The van der Waals surface area contributed by atoms with Crippen molar-refractivity contribution in [1.82, 2.24) is 4.90 Å². The van der Waals surface area contributed by atoms with Gasteiger partial charge in [0.2, 0.25) is 5.91 Å². The van der Waals surface area contributed by atoms with Crippen LogP contribution in [-0.2, 0) is 23.8 Å². The van der Waals surface area contributed by atoms with Crippen LogP contribution in [0.5, 0.6) is 0 Å². The molecule has 5 rings (SSSR count). The summed E-state index contributed by atoms with van der Waals surface area (Å²) in [6.07, 6.45) is -3.36. The molecule has 1 amide bonds. The minimum absolute atomic E-state index is 0.181. The third-order valence-corrected chi connectivity index (χ3v) is 7.13. The van der Waals surface area contributed by atoms with Gasteiger partial charge in [0.25, 0.3) is 0 Å². The molecule has 1 fully saturated rings. The Kier molecular flexibility index (Phi) is 6.71. The standard InChI is InChI=1S/C28H27F4N3O/c29-22-7-9-23(10-8-22)33-27(36)24-17-20-16-21(28(30,31)32)6-11-25(20)35-15-14-34(18-26(24)35)13-12-19-4-2-1-3-5-19/h1-11,16,24,26H,12-15,17-18H2,(H,33,36)/t24-,26-/m0/s1. The normalized spacial score (nSPS) is 19.9. The molecular weight excluding hydrogens is 470 g/mol. The Hall–Kier alpha value is -3.39. The van der Waals surface area contributed by atoms with Crippen LogP contribution in [0.15, 0.2) is 72.8 Å². The van der Waals surface area contributed by atoms with Crippen LogP contribution < -0.4 is 10.2 Å². The van der Waals surface area contributed by atoms with E-state index in [1.807, 2.05) is 18.2 Å². The second-order valence-corrected chi connectivity index (χ2v) is 9.44. The third-order valence-electron chi connectivity index (χ3n) is 7.13. The van der Waals surface area contributed by atoms with Crippen LogP contribution in [0, 0.1) is 11.7 Å². The van der Waals surface area contributed by atoms with E-state index in [2.05, 4.69) is 27.2 Å². The van der Waals surface area contributed by atoms with Crippen molar-refractivity contribution in [3.63, 3.8) is 0 Å². The van der Waals surface area contributed by atoms with Crippen LogP contribution >= 0.6 is 0 Å². The summed E-state index contributed by atoms with van der Waals surface area (Å²) < 4.78 is 53.6. The van der Waals surface area contributed by atoms with Gasteiger partial charge in [-0.15, -0.1) is 0 Å². The average Bonchev–Trinajstić information content (AvgIpc) is 2.88. The van der Waals surface area contributed by atoms with Gasteiger partial charge in [0.15, 0.2) is 0 Å². The molecule has 1 N–H and O–H groups in total. The fraction of sp³-hybridized carbons (Fsp3) is 0.321. The Morgan fingerprint density at radius 1 is 0.972 bits per heavy atom. The molecule has 0 aromatic heterocycles. The highest BCUT2D eigenvalue weighted by molar-refractivity contribution is 5.94. The van der Waals surface area contributed by atoms with E-state index >= 15 is 0 Å². The van der Waals surface area contributed by atoms with Crippen molar-refractivity contribution in [3.8, 4) is 0 Å². The minimum Gasteiger partial charge on any atom is -0.365 e. The summed E-state index contributed by atoms with van der Waals surface area (Å²) >= 11 is 0. The fourth-order valence-corrected chi connectivity index (χ4v) is 5.26. The Morgan fingerprint density at radius 2 is 1.72 bits per heavy atom. The first kappa shape index (κ1) is 24.3. The molecule has 4 nitrogen and oxygen atoms in total. The highest BCUT2D eigenvalue weighted by atomic mass is 19.4. The number of alkyl halides is 3. The van der Waals surface area contributed by atoms with Gasteiger partial charge in [0, 0.05) is 37.6 Å². The quantitative estimate of drug-likeness (QED) is 0.481. The number of anilines is 2. The van der Waals surface area contributed by atoms with Crippen molar-refractivity contribution in [1.29, 1.82) is 0 Å². The van der Waals surface area contributed by atoms with E-state index in [0.717, 1.165) is 31.3 Å². The van der Waals surface area contributed by atoms with Crippen molar-refractivity contribution < 1.29 is 22.4 Å². The predicted molar refractivity (Wildman–Crippen MR) is 131 cm³/mol. The summed E-state index contributed by atoms with van der Waals surface area (Å²) in [7, 11) is 0. The number of fused-ring (bicyclic) bond motifs is 3. The lowest BCUT2D eigenvalue weighted by Gasteiger charge is -2.49. The van der Waals surface area contributed by atoms with Crippen LogP contribution in [0.3, 0.4) is 0 Å². The van der Waals surface area contributed by atoms with E-state index < -0.39 is 23.5 Å². The summed E-state index contributed by atoms with van der Waals surface area (Å²) in [6, 6.07) is 19.3. The maximum atomic E-state index is 13.4. The molecule has 188 valence electrons. The number of piperazine rings is 1. The zero-order chi connectivity index (χ0) is 25.3. The van der Waals surface area contributed by atoms with Gasteiger partial charge in [-0.25, -0.2) is 4.39 Å². The summed E-state index contributed by atoms with van der Waals surface area (Å²) in [6.45, 7) is 2.85. The Labute approximate surface area is 207 Å². The molecule has 36 heavy (non-hydrogen) atoms. The van der Waals surface area contributed by atoms with Gasteiger partial charge in [0.1, 0.15) is 5.82 Å². The van der Waals surface area contributed by atoms with E-state index in [-0.39, 0.29) is 18.4 Å². The maximum Gasteiger partial charge on any atom is 0.416 e. The molecule has 0 unspecified atom stereocenters. The molecule has 3 aromatic rings. The van der Waals surface area contributed by atoms with E-state index in [0.29, 0.717) is 24.3 Å². The van der Waals surface area contributed by atoms with Gasteiger partial charge in [-0.2, -0.15) is 13.2 Å². The first-order chi connectivity index (χ1) is 17.3. The molecule has 8 heteroatoms. The summed E-state index contributed by atoms with van der Waals surface area (Å²) in [5, 5.41) is 2.85. The first-order valence-electron chi connectivity index (χ1n) is 12.1. The minimum atomic E-state index is -4.45. The van der Waals surface area contributed by atoms with Gasteiger partial charge in [0.05, 0.1) is 17.5 Å². The Balaban J connectivity index is 1.40. The molecule has 0 aliphatic carbocycles. The van der Waals surface area contributed by atoms with Crippen molar-refractivity contribution in [2.45, 2.75) is 25.1 Å². The number of halogens is 4. The topological polar surface area (TPSA) is 35.6 Å². The second kappa shape index (κ2) is 9.93. The monoisotopic (exact) mass is 497 g/mol. The number of amides is 1. The lowest BCUT2D eigenvalue weighted by molar-refractivity contribution is -0.137. The number of hydrogen-bond donors (Lipinski definition) is 1. The molecule has 2 heterocycles. The van der Waals surface area contributed by atoms with Crippen molar-refractivity contribution >= 4 is 17.3 Å². The van der Waals surface area contributed by atoms with Gasteiger partial charge >= 0.3 is 6.18 Å². The van der Waals surface area contributed by atoms with E-state index in [1.165, 1.54) is 35.9 Å². The van der Waals surface area contributed by atoms with Gasteiger partial charge in [-0.3, -0.25) is 9.69 Å². The fourth-order valence-electron chi connectivity index (χ4n) is 5.26. The molecule has 2 aliphatic heterocycles. The van der Waals surface area contributed by atoms with E-state index in [1.54, 1.807) is 6.07 Å². The van der Waals surface area contributed by atoms with Crippen LogP contribution in [0.4, 0.5) is 28.9 Å². The van der Waals surface area contributed by atoms with Gasteiger partial charge < -0.3 is 10.2 Å². The number of nitrogens with zero attached hydrogens (tertiary/aromatic N) is 2. The highest BCUT2D eigenvalue weighted by Crippen LogP contribution is 2.40. The molecule has 0 bridgehead atoms. The lowest BCUT2D eigenvalue weighted by Crippen LogP contribution is -2.60. The Bertz CT molecular complexity index is 1210. The number of rotatable bonds is 5. The van der Waals surface area contributed by atoms with E-state index in [9.17, 15) is 22.4 Å². The molecule has 1 saturated heterocycles. The van der Waals surface area contributed by atoms with E-state index in [4.69, 9.17) is 0 Å². The zero-order valence-electron chi connectivity index (χ0n) is 19.6. The van der Waals surface area contributed by atoms with Crippen LogP contribution in [0.1, 0.15) is 16.7 Å². The molecule has 3 aromatic carbocycles. The number of hydrogen-bond acceptors (Lipinski definition) is 3. The number of nitrogens with one attached hydrogen (secondary N) is 1.